The Kier molecular flexibility index (Phi) is 5.37. The Morgan fingerprint density at radius 3 is 2.69 bits per heavy atom. The first-order chi connectivity index (χ1) is 12.5. The van der Waals surface area contributed by atoms with Crippen LogP contribution in [0.5, 0.6) is 0 Å². The number of aromatic nitrogens is 3. The molecule has 0 unspecified atom stereocenters. The zero-order chi connectivity index (χ0) is 18.7. The van der Waals surface area contributed by atoms with Crippen molar-refractivity contribution in [2.24, 2.45) is 7.05 Å². The van der Waals surface area contributed by atoms with Gasteiger partial charge in [0.25, 0.3) is 0 Å². The Morgan fingerprint density at radius 1 is 1.19 bits per heavy atom. The lowest BCUT2D eigenvalue weighted by molar-refractivity contribution is -0.113. The minimum absolute atomic E-state index is 0.127. The molecule has 3 rings (SSSR count). The van der Waals surface area contributed by atoms with Crippen molar-refractivity contribution in [3.05, 3.63) is 59.4 Å². The Hall–Kier alpha value is -2.67. The molecule has 0 saturated heterocycles. The summed E-state index contributed by atoms with van der Waals surface area (Å²) in [5, 5.41) is 11.6. The number of hydrogen-bond donors (Lipinski definition) is 1. The predicted octanol–water partition coefficient (Wildman–Crippen LogP) is 3.97. The van der Waals surface area contributed by atoms with E-state index in [1.807, 2.05) is 32.0 Å². The Morgan fingerprint density at radius 2 is 1.96 bits per heavy atom. The Labute approximate surface area is 155 Å². The fourth-order valence-corrected chi connectivity index (χ4v) is 3.30. The van der Waals surface area contributed by atoms with Gasteiger partial charge in [0.15, 0.2) is 11.0 Å². The van der Waals surface area contributed by atoms with Crippen LogP contribution in [0.2, 0.25) is 0 Å². The molecule has 0 aliphatic heterocycles. The van der Waals surface area contributed by atoms with Crippen molar-refractivity contribution in [1.29, 1.82) is 0 Å². The number of aryl methyl sites for hydroxylation is 2. The van der Waals surface area contributed by atoms with Crippen molar-refractivity contribution in [3.8, 4) is 11.4 Å². The fourth-order valence-electron chi connectivity index (χ4n) is 2.59. The molecule has 1 N–H and O–H groups in total. The molecular weight excluding hydrogens is 351 g/mol. The summed E-state index contributed by atoms with van der Waals surface area (Å²) in [4.78, 5) is 12.2. The first kappa shape index (κ1) is 18.1. The van der Waals surface area contributed by atoms with E-state index in [-0.39, 0.29) is 17.5 Å². The number of carbonyl (C=O) groups excluding carboxylic acids is 1. The topological polar surface area (TPSA) is 59.8 Å². The van der Waals surface area contributed by atoms with Gasteiger partial charge in [-0.3, -0.25) is 4.79 Å². The largest absolute Gasteiger partial charge is 0.325 e. The first-order valence-electron chi connectivity index (χ1n) is 8.10. The number of carbonyl (C=O) groups is 1. The maximum absolute atomic E-state index is 13.9. The second kappa shape index (κ2) is 7.70. The van der Waals surface area contributed by atoms with E-state index in [1.165, 1.54) is 17.8 Å². The highest BCUT2D eigenvalue weighted by molar-refractivity contribution is 7.99. The van der Waals surface area contributed by atoms with Crippen molar-refractivity contribution >= 4 is 23.4 Å². The monoisotopic (exact) mass is 370 g/mol. The van der Waals surface area contributed by atoms with E-state index in [2.05, 4.69) is 15.5 Å². The van der Waals surface area contributed by atoms with Crippen LogP contribution in [0.15, 0.2) is 47.6 Å². The predicted molar refractivity (Wildman–Crippen MR) is 102 cm³/mol. The van der Waals surface area contributed by atoms with Gasteiger partial charge in [0.1, 0.15) is 5.82 Å². The molecule has 0 atom stereocenters. The van der Waals surface area contributed by atoms with E-state index in [4.69, 9.17) is 0 Å². The number of benzene rings is 2. The number of hydrogen-bond acceptors (Lipinski definition) is 4. The third kappa shape index (κ3) is 3.94. The third-order valence-corrected chi connectivity index (χ3v) is 4.96. The van der Waals surface area contributed by atoms with Gasteiger partial charge in [0, 0.05) is 12.7 Å². The number of thioether (sulfide) groups is 1. The maximum Gasteiger partial charge on any atom is 0.234 e. The zero-order valence-corrected chi connectivity index (χ0v) is 15.6. The molecule has 3 aromatic rings. The molecular formula is C19H19FN4OS. The molecule has 1 amide bonds. The second-order valence-corrected chi connectivity index (χ2v) is 6.94. The van der Waals surface area contributed by atoms with Gasteiger partial charge < -0.3 is 9.88 Å². The summed E-state index contributed by atoms with van der Waals surface area (Å²) in [7, 11) is 1.76. The molecule has 1 aromatic heterocycles. The molecule has 7 heteroatoms. The highest BCUT2D eigenvalue weighted by Crippen LogP contribution is 2.25. The lowest BCUT2D eigenvalue weighted by atomic mass is 10.1. The molecule has 0 fully saturated rings. The van der Waals surface area contributed by atoms with Crippen molar-refractivity contribution in [2.45, 2.75) is 19.0 Å². The summed E-state index contributed by atoms with van der Waals surface area (Å²) in [5.41, 5.74) is 3.35. The van der Waals surface area contributed by atoms with Crippen LogP contribution in [-0.4, -0.2) is 26.4 Å². The standard InChI is InChI=1S/C19H19FN4OS/c1-12-8-9-16(13(2)10-12)21-17(25)11-26-19-23-22-18(24(19)3)14-6-4-5-7-15(14)20/h4-10H,11H2,1-3H3,(H,21,25). The SMILES string of the molecule is Cc1ccc(NC(=O)CSc2nnc(-c3ccccc3F)n2C)c(C)c1. The second-order valence-electron chi connectivity index (χ2n) is 6.00. The quantitative estimate of drug-likeness (QED) is 0.691. The number of amides is 1. The molecule has 0 aliphatic rings. The van der Waals surface area contributed by atoms with E-state index < -0.39 is 0 Å². The highest BCUT2D eigenvalue weighted by atomic mass is 32.2. The highest BCUT2D eigenvalue weighted by Gasteiger charge is 2.15. The van der Waals surface area contributed by atoms with Crippen LogP contribution in [0.3, 0.4) is 0 Å². The van der Waals surface area contributed by atoms with E-state index in [1.54, 1.807) is 29.8 Å². The van der Waals surface area contributed by atoms with E-state index in [9.17, 15) is 9.18 Å². The number of rotatable bonds is 5. The lowest BCUT2D eigenvalue weighted by Crippen LogP contribution is -2.15. The lowest BCUT2D eigenvalue weighted by Gasteiger charge is -2.09. The molecule has 134 valence electrons. The van der Waals surface area contributed by atoms with Crippen LogP contribution in [0, 0.1) is 19.7 Å². The number of nitrogens with one attached hydrogen (secondary N) is 1. The molecule has 2 aromatic carbocycles. The van der Waals surface area contributed by atoms with Crippen LogP contribution < -0.4 is 5.32 Å². The van der Waals surface area contributed by atoms with Gasteiger partial charge in [-0.05, 0) is 37.6 Å². The molecule has 26 heavy (non-hydrogen) atoms. The summed E-state index contributed by atoms with van der Waals surface area (Å²) >= 11 is 1.26. The zero-order valence-electron chi connectivity index (χ0n) is 14.8. The van der Waals surface area contributed by atoms with Crippen LogP contribution in [0.1, 0.15) is 11.1 Å². The van der Waals surface area contributed by atoms with Crippen LogP contribution in [0.25, 0.3) is 11.4 Å². The van der Waals surface area contributed by atoms with Crippen molar-refractivity contribution in [1.82, 2.24) is 14.8 Å². The average molecular weight is 370 g/mol. The maximum atomic E-state index is 13.9. The van der Waals surface area contributed by atoms with Crippen LogP contribution in [-0.2, 0) is 11.8 Å². The van der Waals surface area contributed by atoms with Crippen LogP contribution in [0.4, 0.5) is 10.1 Å². The molecule has 1 heterocycles. The van der Waals surface area contributed by atoms with Crippen molar-refractivity contribution in [3.63, 3.8) is 0 Å². The van der Waals surface area contributed by atoms with Gasteiger partial charge >= 0.3 is 0 Å². The molecule has 0 saturated carbocycles. The summed E-state index contributed by atoms with van der Waals surface area (Å²) in [6, 6.07) is 12.3. The van der Waals surface area contributed by atoms with Gasteiger partial charge in [-0.2, -0.15) is 0 Å². The first-order valence-corrected chi connectivity index (χ1v) is 9.08. The number of nitrogens with zero attached hydrogens (tertiary/aromatic N) is 3. The van der Waals surface area contributed by atoms with E-state index in [0.717, 1.165) is 16.8 Å². The van der Waals surface area contributed by atoms with E-state index in [0.29, 0.717) is 16.5 Å². The summed E-state index contributed by atoms with van der Waals surface area (Å²) in [5.74, 6) is 0.140. The minimum atomic E-state index is -0.355. The van der Waals surface area contributed by atoms with Gasteiger partial charge in [-0.15, -0.1) is 10.2 Å². The Bertz CT molecular complexity index is 954. The molecule has 0 aliphatic carbocycles. The minimum Gasteiger partial charge on any atom is -0.325 e. The molecule has 0 bridgehead atoms. The summed E-state index contributed by atoms with van der Waals surface area (Å²) in [6.07, 6.45) is 0. The van der Waals surface area contributed by atoms with Crippen LogP contribution >= 0.6 is 11.8 Å². The third-order valence-electron chi connectivity index (χ3n) is 3.94. The molecule has 0 radical (unpaired) electrons. The normalized spacial score (nSPS) is 10.8. The van der Waals surface area contributed by atoms with Crippen molar-refractivity contribution in [2.75, 3.05) is 11.1 Å². The van der Waals surface area contributed by atoms with Gasteiger partial charge in [0.2, 0.25) is 5.91 Å². The van der Waals surface area contributed by atoms with Gasteiger partial charge in [-0.1, -0.05) is 41.6 Å². The Balaban J connectivity index is 1.67. The number of anilines is 1. The van der Waals surface area contributed by atoms with E-state index >= 15 is 0 Å². The molecule has 5 nitrogen and oxygen atoms in total. The fraction of sp³-hybridized carbons (Fsp3) is 0.211. The summed E-state index contributed by atoms with van der Waals surface area (Å²) < 4.78 is 15.6. The average Bonchev–Trinajstić information content (AvgIpc) is 2.97. The smallest absolute Gasteiger partial charge is 0.234 e. The van der Waals surface area contributed by atoms with Gasteiger partial charge in [0.05, 0.1) is 11.3 Å². The number of halogens is 1. The van der Waals surface area contributed by atoms with Gasteiger partial charge in [-0.25, -0.2) is 4.39 Å². The van der Waals surface area contributed by atoms with Crippen molar-refractivity contribution < 1.29 is 9.18 Å². The summed E-state index contributed by atoms with van der Waals surface area (Å²) in [6.45, 7) is 3.97. The molecule has 0 spiro atoms.